The maximum Gasteiger partial charge on any atom is 0.332 e. The van der Waals surface area contributed by atoms with Gasteiger partial charge >= 0.3 is 5.97 Å². The summed E-state index contributed by atoms with van der Waals surface area (Å²) in [5, 5.41) is 0. The van der Waals surface area contributed by atoms with E-state index in [-0.39, 0.29) is 35.7 Å². The predicted molar refractivity (Wildman–Crippen MR) is 123 cm³/mol. The summed E-state index contributed by atoms with van der Waals surface area (Å²) < 4.78 is 15.8. The third-order valence-electron chi connectivity index (χ3n) is 9.56. The van der Waals surface area contributed by atoms with E-state index in [0.717, 1.165) is 44.9 Å². The monoisotopic (exact) mass is 460 g/mol. The van der Waals surface area contributed by atoms with Crippen LogP contribution >= 0.6 is 0 Å². The van der Waals surface area contributed by atoms with Crippen LogP contribution in [0.25, 0.3) is 0 Å². The minimum absolute atomic E-state index is 0.0211. The molecule has 3 saturated carbocycles. The molecule has 0 aromatic carbocycles. The molecule has 6 nitrogen and oxygen atoms in total. The van der Waals surface area contributed by atoms with E-state index < -0.39 is 12.3 Å². The van der Waals surface area contributed by atoms with Gasteiger partial charge in [-0.25, -0.2) is 4.79 Å². The van der Waals surface area contributed by atoms with Gasteiger partial charge in [-0.1, -0.05) is 19.4 Å². The van der Waals surface area contributed by atoms with E-state index in [4.69, 9.17) is 14.2 Å². The van der Waals surface area contributed by atoms with Gasteiger partial charge in [-0.05, 0) is 93.5 Å². The molecule has 0 spiro atoms. The van der Waals surface area contributed by atoms with Crippen molar-refractivity contribution >= 4 is 17.5 Å². The minimum atomic E-state index is -0.523. The largest absolute Gasteiger partial charge is 0.456 e. The molecule has 6 heteroatoms. The summed E-state index contributed by atoms with van der Waals surface area (Å²) in [6.45, 7) is 8.41. The van der Waals surface area contributed by atoms with Crippen LogP contribution in [0.3, 0.4) is 0 Å². The van der Waals surface area contributed by atoms with Crippen LogP contribution < -0.4 is 0 Å². The standard InChI is InChI=1S/C27H40O6/c1-5-31-17(2)32-16-25(30)33-15-24(29)23-9-8-21-20-7-6-18-14-19(28)10-12-26(18,3)22(20)11-13-27(21,23)4/h14,17,20-23H,5-13,15-16H2,1-4H3/t17?,20-,21-,22-,23+,26-,27-/m0/s1. The van der Waals surface area contributed by atoms with Crippen molar-refractivity contribution in [3.8, 4) is 0 Å². The highest BCUT2D eigenvalue weighted by molar-refractivity contribution is 5.91. The Morgan fingerprint density at radius 1 is 1.03 bits per heavy atom. The van der Waals surface area contributed by atoms with Gasteiger partial charge in [-0.15, -0.1) is 0 Å². The number of hydrogen-bond donors (Lipinski definition) is 0. The molecular weight excluding hydrogens is 420 g/mol. The molecule has 4 aliphatic carbocycles. The van der Waals surface area contributed by atoms with Crippen molar-refractivity contribution in [3.63, 3.8) is 0 Å². The number of esters is 1. The van der Waals surface area contributed by atoms with Gasteiger partial charge in [0.25, 0.3) is 0 Å². The summed E-state index contributed by atoms with van der Waals surface area (Å²) in [6, 6.07) is 0. The van der Waals surface area contributed by atoms with E-state index in [1.54, 1.807) is 6.92 Å². The lowest BCUT2D eigenvalue weighted by molar-refractivity contribution is -0.169. The summed E-state index contributed by atoms with van der Waals surface area (Å²) in [4.78, 5) is 37.2. The maximum absolute atomic E-state index is 13.1. The van der Waals surface area contributed by atoms with Crippen molar-refractivity contribution in [3.05, 3.63) is 11.6 Å². The lowest BCUT2D eigenvalue weighted by atomic mass is 9.46. The van der Waals surface area contributed by atoms with Crippen molar-refractivity contribution in [1.29, 1.82) is 0 Å². The van der Waals surface area contributed by atoms with Crippen molar-refractivity contribution < 1.29 is 28.6 Å². The molecule has 0 amide bonds. The Hall–Kier alpha value is -1.53. The molecule has 4 rings (SSSR count). The van der Waals surface area contributed by atoms with Crippen molar-refractivity contribution in [2.75, 3.05) is 19.8 Å². The number of carbonyl (C=O) groups excluding carboxylic acids is 3. The molecule has 7 atom stereocenters. The zero-order chi connectivity index (χ0) is 23.8. The van der Waals surface area contributed by atoms with E-state index in [1.807, 2.05) is 13.0 Å². The fourth-order valence-corrected chi connectivity index (χ4v) is 7.85. The van der Waals surface area contributed by atoms with E-state index in [9.17, 15) is 14.4 Å². The van der Waals surface area contributed by atoms with Crippen LogP contribution in [0.2, 0.25) is 0 Å². The van der Waals surface area contributed by atoms with Gasteiger partial charge < -0.3 is 14.2 Å². The number of hydrogen-bond acceptors (Lipinski definition) is 6. The van der Waals surface area contributed by atoms with Gasteiger partial charge in [-0.3, -0.25) is 9.59 Å². The third kappa shape index (κ3) is 4.58. The molecule has 33 heavy (non-hydrogen) atoms. The molecule has 0 aromatic rings. The van der Waals surface area contributed by atoms with Gasteiger partial charge in [0.15, 0.2) is 17.9 Å². The Labute approximate surface area is 197 Å². The molecule has 4 aliphatic rings. The Morgan fingerprint density at radius 3 is 2.58 bits per heavy atom. The highest BCUT2D eigenvalue weighted by Crippen LogP contribution is 2.66. The van der Waals surface area contributed by atoms with E-state index in [1.165, 1.54) is 5.57 Å². The molecule has 3 fully saturated rings. The lowest BCUT2D eigenvalue weighted by Crippen LogP contribution is -2.51. The highest BCUT2D eigenvalue weighted by Gasteiger charge is 2.60. The maximum atomic E-state index is 13.1. The number of ketones is 2. The second kappa shape index (κ2) is 9.61. The first-order chi connectivity index (χ1) is 15.7. The molecule has 0 heterocycles. The summed E-state index contributed by atoms with van der Waals surface area (Å²) in [5.74, 6) is 1.54. The van der Waals surface area contributed by atoms with Gasteiger partial charge in [0.1, 0.15) is 13.2 Å². The van der Waals surface area contributed by atoms with Crippen LogP contribution in [0.1, 0.15) is 79.1 Å². The van der Waals surface area contributed by atoms with Crippen LogP contribution in [-0.2, 0) is 28.6 Å². The number of Topliss-reactive ketones (excluding diaryl/α,β-unsaturated/α-hetero) is 1. The number of fused-ring (bicyclic) bond motifs is 5. The fourth-order valence-electron chi connectivity index (χ4n) is 7.85. The molecule has 0 saturated heterocycles. The number of carbonyl (C=O) groups is 3. The van der Waals surface area contributed by atoms with Crippen molar-refractivity contribution in [1.82, 2.24) is 0 Å². The molecule has 0 aliphatic heterocycles. The van der Waals surface area contributed by atoms with E-state index >= 15 is 0 Å². The molecule has 184 valence electrons. The Balaban J connectivity index is 1.37. The van der Waals surface area contributed by atoms with Crippen molar-refractivity contribution in [2.45, 2.75) is 85.4 Å². The van der Waals surface area contributed by atoms with Crippen LogP contribution in [0.5, 0.6) is 0 Å². The summed E-state index contributed by atoms with van der Waals surface area (Å²) in [6.07, 6.45) is 9.38. The first kappa shape index (κ1) is 24.6. The van der Waals surface area contributed by atoms with Crippen LogP contribution in [0.15, 0.2) is 11.6 Å². The first-order valence-electron chi connectivity index (χ1n) is 12.8. The zero-order valence-electron chi connectivity index (χ0n) is 20.7. The van der Waals surface area contributed by atoms with E-state index in [2.05, 4.69) is 13.8 Å². The fraction of sp³-hybridized carbons (Fsp3) is 0.815. The second-order valence-corrected chi connectivity index (χ2v) is 11.1. The van der Waals surface area contributed by atoms with Gasteiger partial charge in [0.05, 0.1) is 0 Å². The minimum Gasteiger partial charge on any atom is -0.456 e. The van der Waals surface area contributed by atoms with E-state index in [0.29, 0.717) is 36.6 Å². The summed E-state index contributed by atoms with van der Waals surface area (Å²) in [7, 11) is 0. The molecule has 0 aromatic heterocycles. The molecular formula is C27H40O6. The topological polar surface area (TPSA) is 78.9 Å². The third-order valence-corrected chi connectivity index (χ3v) is 9.56. The molecule has 1 unspecified atom stereocenters. The Morgan fingerprint density at radius 2 is 1.82 bits per heavy atom. The predicted octanol–water partition coefficient (Wildman–Crippen LogP) is 4.65. The van der Waals surface area contributed by atoms with Gasteiger partial charge in [0.2, 0.25) is 0 Å². The first-order valence-corrected chi connectivity index (χ1v) is 12.8. The smallest absolute Gasteiger partial charge is 0.332 e. The average molecular weight is 461 g/mol. The number of rotatable bonds is 8. The summed E-state index contributed by atoms with van der Waals surface area (Å²) in [5.41, 5.74) is 1.50. The number of ether oxygens (including phenoxy) is 3. The Kier molecular flexibility index (Phi) is 7.16. The Bertz CT molecular complexity index is 817. The molecule has 0 bridgehead atoms. The summed E-state index contributed by atoms with van der Waals surface area (Å²) >= 11 is 0. The molecule has 0 N–H and O–H groups in total. The zero-order valence-corrected chi connectivity index (χ0v) is 20.7. The van der Waals surface area contributed by atoms with Crippen LogP contribution in [0.4, 0.5) is 0 Å². The normalized spacial score (nSPS) is 38.5. The van der Waals surface area contributed by atoms with Gasteiger partial charge in [-0.2, -0.15) is 0 Å². The number of allylic oxidation sites excluding steroid dienone is 1. The SMILES string of the molecule is CCOC(C)OCC(=O)OCC(=O)[C@H]1CC[C@H]2[C@@H]3CCC4=CC(=O)CC[C@]4(C)[C@H]3CC[C@]12C. The van der Waals surface area contributed by atoms with Crippen molar-refractivity contribution in [2.24, 2.45) is 34.5 Å². The molecule has 0 radical (unpaired) electrons. The average Bonchev–Trinajstić information content (AvgIpc) is 3.14. The highest BCUT2D eigenvalue weighted by atomic mass is 16.7. The quantitative estimate of drug-likeness (QED) is 0.388. The van der Waals surface area contributed by atoms with Gasteiger partial charge in [0, 0.05) is 18.9 Å². The van der Waals surface area contributed by atoms with Crippen LogP contribution in [0, 0.1) is 34.5 Å². The van der Waals surface area contributed by atoms with Crippen LogP contribution in [-0.4, -0.2) is 43.6 Å². The second-order valence-electron chi connectivity index (χ2n) is 11.1. The lowest BCUT2D eigenvalue weighted by Gasteiger charge is -2.58.